The standard InChI is InChI=1S/C24H30N6O2/c1-4-32-22-6-5-17(9-19(22)15-31)13-30-8-7-18(14-30)23-21(20-10-25-16-26-11-20)12-27-24(28-23)29(2)3/h5-6,9-12,16,18,31H,4,7-8,13-15H2,1-3H3/t18-/m1/s1. The molecule has 0 saturated carbocycles. The molecule has 1 aliphatic rings. The number of hydrogen-bond acceptors (Lipinski definition) is 8. The summed E-state index contributed by atoms with van der Waals surface area (Å²) in [4.78, 5) is 22.2. The Balaban J connectivity index is 1.55. The third-order valence-corrected chi connectivity index (χ3v) is 5.74. The van der Waals surface area contributed by atoms with Gasteiger partial charge in [0, 0.05) is 68.4 Å². The van der Waals surface area contributed by atoms with Crippen LogP contribution in [-0.2, 0) is 13.2 Å². The normalized spacial score (nSPS) is 16.3. The fraction of sp³-hybridized carbons (Fsp3) is 0.417. The van der Waals surface area contributed by atoms with Crippen molar-refractivity contribution in [1.82, 2.24) is 24.8 Å². The average Bonchev–Trinajstić information content (AvgIpc) is 3.28. The second-order valence-corrected chi connectivity index (χ2v) is 8.24. The molecule has 1 aromatic carbocycles. The minimum atomic E-state index is -0.0252. The maximum Gasteiger partial charge on any atom is 0.225 e. The van der Waals surface area contributed by atoms with Gasteiger partial charge >= 0.3 is 0 Å². The van der Waals surface area contributed by atoms with Gasteiger partial charge < -0.3 is 14.7 Å². The number of aromatic nitrogens is 4. The number of benzene rings is 1. The SMILES string of the molecule is CCOc1ccc(CN2CC[C@@H](c3nc(N(C)C)ncc3-c3cncnc3)C2)cc1CO. The molecule has 1 atom stereocenters. The predicted molar refractivity (Wildman–Crippen MR) is 124 cm³/mol. The molecule has 1 fully saturated rings. The van der Waals surface area contributed by atoms with Crippen LogP contribution in [0.4, 0.5) is 5.95 Å². The molecule has 2 aromatic heterocycles. The summed E-state index contributed by atoms with van der Waals surface area (Å²) < 4.78 is 5.61. The summed E-state index contributed by atoms with van der Waals surface area (Å²) in [6, 6.07) is 6.08. The summed E-state index contributed by atoms with van der Waals surface area (Å²) in [6.07, 6.45) is 8.07. The number of aliphatic hydroxyl groups is 1. The van der Waals surface area contributed by atoms with E-state index in [1.165, 1.54) is 11.9 Å². The van der Waals surface area contributed by atoms with Crippen molar-refractivity contribution in [3.8, 4) is 16.9 Å². The quantitative estimate of drug-likeness (QED) is 0.579. The van der Waals surface area contributed by atoms with E-state index in [2.05, 4.69) is 25.9 Å². The molecule has 0 radical (unpaired) electrons. The van der Waals surface area contributed by atoms with Gasteiger partial charge in [0.25, 0.3) is 0 Å². The topological polar surface area (TPSA) is 87.5 Å². The maximum atomic E-state index is 9.71. The number of rotatable bonds is 8. The van der Waals surface area contributed by atoms with E-state index in [0.717, 1.165) is 54.2 Å². The Labute approximate surface area is 188 Å². The highest BCUT2D eigenvalue weighted by atomic mass is 16.5. The van der Waals surface area contributed by atoms with Crippen LogP contribution in [0, 0.1) is 0 Å². The molecule has 1 saturated heterocycles. The van der Waals surface area contributed by atoms with Crippen LogP contribution in [0.2, 0.25) is 0 Å². The van der Waals surface area contributed by atoms with Crippen LogP contribution in [0.15, 0.2) is 43.1 Å². The summed E-state index contributed by atoms with van der Waals surface area (Å²) in [5.41, 5.74) is 4.98. The number of ether oxygens (including phenoxy) is 1. The van der Waals surface area contributed by atoms with E-state index >= 15 is 0 Å². The first kappa shape index (κ1) is 22.1. The maximum absolute atomic E-state index is 9.71. The second-order valence-electron chi connectivity index (χ2n) is 8.24. The average molecular weight is 435 g/mol. The Bertz CT molecular complexity index is 1040. The molecule has 8 nitrogen and oxygen atoms in total. The highest BCUT2D eigenvalue weighted by Gasteiger charge is 2.28. The number of likely N-dealkylation sites (tertiary alicyclic amines) is 1. The Hall–Kier alpha value is -3.10. The summed E-state index contributed by atoms with van der Waals surface area (Å²) in [5, 5.41) is 9.71. The van der Waals surface area contributed by atoms with Crippen LogP contribution in [0.3, 0.4) is 0 Å². The molecule has 168 valence electrons. The molecule has 0 aliphatic carbocycles. The van der Waals surface area contributed by atoms with Gasteiger partial charge in [0.15, 0.2) is 0 Å². The Morgan fingerprint density at radius 3 is 2.72 bits per heavy atom. The van der Waals surface area contributed by atoms with E-state index in [0.29, 0.717) is 18.5 Å². The molecular formula is C24H30N6O2. The lowest BCUT2D eigenvalue weighted by Gasteiger charge is -2.20. The van der Waals surface area contributed by atoms with Gasteiger partial charge in [-0.05, 0) is 37.6 Å². The van der Waals surface area contributed by atoms with Gasteiger partial charge in [-0.1, -0.05) is 6.07 Å². The molecular weight excluding hydrogens is 404 g/mol. The molecule has 3 aromatic rings. The molecule has 0 amide bonds. The second kappa shape index (κ2) is 10.0. The fourth-order valence-corrected chi connectivity index (χ4v) is 4.18. The zero-order chi connectivity index (χ0) is 22.5. The first-order chi connectivity index (χ1) is 15.6. The minimum absolute atomic E-state index is 0.0252. The number of hydrogen-bond donors (Lipinski definition) is 1. The lowest BCUT2D eigenvalue weighted by molar-refractivity contribution is 0.266. The van der Waals surface area contributed by atoms with E-state index in [-0.39, 0.29) is 6.61 Å². The van der Waals surface area contributed by atoms with Crippen LogP contribution >= 0.6 is 0 Å². The van der Waals surface area contributed by atoms with E-state index in [1.807, 2.05) is 56.6 Å². The van der Waals surface area contributed by atoms with Crippen molar-refractivity contribution in [2.24, 2.45) is 0 Å². The fourth-order valence-electron chi connectivity index (χ4n) is 4.18. The third-order valence-electron chi connectivity index (χ3n) is 5.74. The van der Waals surface area contributed by atoms with Crippen molar-refractivity contribution in [1.29, 1.82) is 0 Å². The van der Waals surface area contributed by atoms with E-state index in [1.54, 1.807) is 0 Å². The van der Waals surface area contributed by atoms with Gasteiger partial charge in [-0.3, -0.25) is 4.90 Å². The number of nitrogens with zero attached hydrogens (tertiary/aromatic N) is 6. The van der Waals surface area contributed by atoms with Crippen molar-refractivity contribution in [3.05, 3.63) is 59.9 Å². The highest BCUT2D eigenvalue weighted by molar-refractivity contribution is 5.65. The lowest BCUT2D eigenvalue weighted by atomic mass is 9.97. The minimum Gasteiger partial charge on any atom is -0.494 e. The van der Waals surface area contributed by atoms with Crippen molar-refractivity contribution >= 4 is 5.95 Å². The van der Waals surface area contributed by atoms with E-state index < -0.39 is 0 Å². The third kappa shape index (κ3) is 4.87. The van der Waals surface area contributed by atoms with Crippen LogP contribution in [0.5, 0.6) is 5.75 Å². The number of aliphatic hydroxyl groups excluding tert-OH is 1. The van der Waals surface area contributed by atoms with Gasteiger partial charge in [0.1, 0.15) is 12.1 Å². The van der Waals surface area contributed by atoms with Crippen LogP contribution in [0.25, 0.3) is 11.1 Å². The Morgan fingerprint density at radius 2 is 2.00 bits per heavy atom. The van der Waals surface area contributed by atoms with Gasteiger partial charge in [-0.25, -0.2) is 19.9 Å². The molecule has 32 heavy (non-hydrogen) atoms. The van der Waals surface area contributed by atoms with Gasteiger partial charge in [-0.15, -0.1) is 0 Å². The predicted octanol–water partition coefficient (Wildman–Crippen LogP) is 2.88. The zero-order valence-electron chi connectivity index (χ0n) is 18.9. The summed E-state index contributed by atoms with van der Waals surface area (Å²) in [6.45, 7) is 5.23. The Kier molecular flexibility index (Phi) is 6.92. The monoisotopic (exact) mass is 434 g/mol. The first-order valence-electron chi connectivity index (χ1n) is 11.0. The van der Waals surface area contributed by atoms with Crippen LogP contribution < -0.4 is 9.64 Å². The van der Waals surface area contributed by atoms with Crippen LogP contribution in [0.1, 0.15) is 36.1 Å². The van der Waals surface area contributed by atoms with E-state index in [4.69, 9.17) is 9.72 Å². The van der Waals surface area contributed by atoms with Crippen molar-refractivity contribution in [3.63, 3.8) is 0 Å². The number of anilines is 1. The molecule has 8 heteroatoms. The first-order valence-corrected chi connectivity index (χ1v) is 11.0. The molecule has 4 rings (SSSR count). The van der Waals surface area contributed by atoms with Crippen molar-refractivity contribution in [2.45, 2.75) is 32.4 Å². The van der Waals surface area contributed by atoms with Crippen molar-refractivity contribution < 1.29 is 9.84 Å². The van der Waals surface area contributed by atoms with Crippen LogP contribution in [-0.4, -0.2) is 63.7 Å². The molecule has 1 N–H and O–H groups in total. The summed E-state index contributed by atoms with van der Waals surface area (Å²) in [5.74, 6) is 1.76. The lowest BCUT2D eigenvalue weighted by Crippen LogP contribution is -2.21. The van der Waals surface area contributed by atoms with Crippen molar-refractivity contribution in [2.75, 3.05) is 38.7 Å². The highest BCUT2D eigenvalue weighted by Crippen LogP contribution is 2.34. The molecule has 1 aliphatic heterocycles. The largest absolute Gasteiger partial charge is 0.494 e. The Morgan fingerprint density at radius 1 is 1.19 bits per heavy atom. The summed E-state index contributed by atoms with van der Waals surface area (Å²) >= 11 is 0. The molecule has 0 bridgehead atoms. The molecule has 0 unspecified atom stereocenters. The van der Waals surface area contributed by atoms with E-state index in [9.17, 15) is 5.11 Å². The molecule has 3 heterocycles. The zero-order valence-corrected chi connectivity index (χ0v) is 18.9. The molecule has 0 spiro atoms. The van der Waals surface area contributed by atoms with Gasteiger partial charge in [-0.2, -0.15) is 0 Å². The van der Waals surface area contributed by atoms with Gasteiger partial charge in [0.05, 0.1) is 18.9 Å². The summed E-state index contributed by atoms with van der Waals surface area (Å²) in [7, 11) is 3.91. The van der Waals surface area contributed by atoms with Gasteiger partial charge in [0.2, 0.25) is 5.95 Å². The smallest absolute Gasteiger partial charge is 0.225 e.